The molecule has 0 aliphatic carbocycles. The fourth-order valence-electron chi connectivity index (χ4n) is 2.72. The molecule has 0 aromatic heterocycles. The second-order valence-electron chi connectivity index (χ2n) is 5.97. The van der Waals surface area contributed by atoms with Gasteiger partial charge in [0.25, 0.3) is 5.91 Å². The predicted octanol–water partition coefficient (Wildman–Crippen LogP) is 3.92. The Morgan fingerprint density at radius 1 is 1.04 bits per heavy atom. The lowest BCUT2D eigenvalue weighted by Crippen LogP contribution is -2.22. The van der Waals surface area contributed by atoms with Crippen LogP contribution >= 0.6 is 0 Å². The van der Waals surface area contributed by atoms with E-state index >= 15 is 0 Å². The van der Waals surface area contributed by atoms with Gasteiger partial charge < -0.3 is 14.8 Å². The number of aryl methyl sites for hydroxylation is 3. The first kappa shape index (κ1) is 19.5. The van der Waals surface area contributed by atoms with Crippen molar-refractivity contribution < 1.29 is 19.1 Å². The highest BCUT2D eigenvalue weighted by Crippen LogP contribution is 2.23. The molecule has 2 aromatic carbocycles. The number of benzene rings is 2. The standard InChI is InChI=1S/C21H25NO4/c1-5-15-8-7-9-16(6-2)20(15)22-19(23)13-26-18-12-17(21(24)25-4)11-10-14(18)3/h7-12H,5-6,13H2,1-4H3,(H,22,23). The monoisotopic (exact) mass is 355 g/mol. The minimum Gasteiger partial charge on any atom is -0.483 e. The van der Waals surface area contributed by atoms with Crippen LogP contribution in [-0.2, 0) is 22.4 Å². The SMILES string of the molecule is CCc1cccc(CC)c1NC(=O)COc1cc(C(=O)OC)ccc1C. The van der Waals surface area contributed by atoms with Crippen LogP contribution < -0.4 is 10.1 Å². The molecule has 2 aromatic rings. The van der Waals surface area contributed by atoms with E-state index in [0.29, 0.717) is 11.3 Å². The van der Waals surface area contributed by atoms with E-state index in [-0.39, 0.29) is 12.5 Å². The maximum atomic E-state index is 12.4. The molecule has 2 rings (SSSR count). The van der Waals surface area contributed by atoms with Crippen LogP contribution in [0, 0.1) is 6.92 Å². The van der Waals surface area contributed by atoms with Gasteiger partial charge in [0.15, 0.2) is 6.61 Å². The molecule has 0 unspecified atom stereocenters. The van der Waals surface area contributed by atoms with Crippen LogP contribution in [-0.4, -0.2) is 25.6 Å². The Bertz CT molecular complexity index is 776. The Hall–Kier alpha value is -2.82. The first-order chi connectivity index (χ1) is 12.5. The number of anilines is 1. The molecule has 0 saturated carbocycles. The number of ether oxygens (including phenoxy) is 2. The molecule has 0 spiro atoms. The lowest BCUT2D eigenvalue weighted by Gasteiger charge is -2.15. The Labute approximate surface area is 154 Å². The average Bonchev–Trinajstić information content (AvgIpc) is 2.66. The first-order valence-electron chi connectivity index (χ1n) is 8.72. The number of hydrogen-bond donors (Lipinski definition) is 1. The summed E-state index contributed by atoms with van der Waals surface area (Å²) in [6.07, 6.45) is 1.68. The fourth-order valence-corrected chi connectivity index (χ4v) is 2.72. The Morgan fingerprint density at radius 2 is 1.69 bits per heavy atom. The Morgan fingerprint density at radius 3 is 2.27 bits per heavy atom. The summed E-state index contributed by atoms with van der Waals surface area (Å²) in [5, 5.41) is 2.96. The topological polar surface area (TPSA) is 64.6 Å². The van der Waals surface area contributed by atoms with Gasteiger partial charge in [-0.2, -0.15) is 0 Å². The van der Waals surface area contributed by atoms with Crippen LogP contribution in [0.2, 0.25) is 0 Å². The van der Waals surface area contributed by atoms with E-state index in [4.69, 9.17) is 9.47 Å². The van der Waals surface area contributed by atoms with Gasteiger partial charge in [0, 0.05) is 5.69 Å². The average molecular weight is 355 g/mol. The zero-order valence-corrected chi connectivity index (χ0v) is 15.7. The molecule has 5 nitrogen and oxygen atoms in total. The minimum absolute atomic E-state index is 0.132. The van der Waals surface area contributed by atoms with Crippen LogP contribution in [0.25, 0.3) is 0 Å². The molecule has 0 aliphatic rings. The molecule has 26 heavy (non-hydrogen) atoms. The summed E-state index contributed by atoms with van der Waals surface area (Å²) in [6, 6.07) is 11.1. The van der Waals surface area contributed by atoms with Crippen molar-refractivity contribution in [3.05, 3.63) is 58.7 Å². The van der Waals surface area contributed by atoms with Gasteiger partial charge in [0.1, 0.15) is 5.75 Å². The van der Waals surface area contributed by atoms with Gasteiger partial charge in [-0.3, -0.25) is 4.79 Å². The number of carbonyl (C=O) groups is 2. The van der Waals surface area contributed by atoms with Crippen molar-refractivity contribution >= 4 is 17.6 Å². The van der Waals surface area contributed by atoms with E-state index in [1.165, 1.54) is 7.11 Å². The van der Waals surface area contributed by atoms with E-state index in [9.17, 15) is 9.59 Å². The first-order valence-corrected chi connectivity index (χ1v) is 8.72. The van der Waals surface area contributed by atoms with E-state index in [2.05, 4.69) is 19.2 Å². The predicted molar refractivity (Wildman–Crippen MR) is 102 cm³/mol. The van der Waals surface area contributed by atoms with Gasteiger partial charge in [-0.1, -0.05) is 38.1 Å². The van der Waals surface area contributed by atoms with Crippen molar-refractivity contribution in [1.29, 1.82) is 0 Å². The summed E-state index contributed by atoms with van der Waals surface area (Å²) in [7, 11) is 1.33. The van der Waals surface area contributed by atoms with Crippen molar-refractivity contribution in [2.24, 2.45) is 0 Å². The number of hydrogen-bond acceptors (Lipinski definition) is 4. The maximum Gasteiger partial charge on any atom is 0.337 e. The van der Waals surface area contributed by atoms with Gasteiger partial charge in [0.2, 0.25) is 0 Å². The fraction of sp³-hybridized carbons (Fsp3) is 0.333. The highest BCUT2D eigenvalue weighted by atomic mass is 16.5. The smallest absolute Gasteiger partial charge is 0.337 e. The molecule has 0 fully saturated rings. The molecular weight excluding hydrogens is 330 g/mol. The molecule has 0 atom stereocenters. The van der Waals surface area contributed by atoms with Crippen molar-refractivity contribution in [2.45, 2.75) is 33.6 Å². The van der Waals surface area contributed by atoms with Gasteiger partial charge in [0.05, 0.1) is 12.7 Å². The Kier molecular flexibility index (Phi) is 6.78. The molecule has 0 radical (unpaired) electrons. The summed E-state index contributed by atoms with van der Waals surface area (Å²) in [5.74, 6) is -0.185. The second-order valence-corrected chi connectivity index (χ2v) is 5.97. The lowest BCUT2D eigenvalue weighted by molar-refractivity contribution is -0.118. The number of nitrogens with one attached hydrogen (secondary N) is 1. The maximum absolute atomic E-state index is 12.4. The molecule has 0 aliphatic heterocycles. The van der Waals surface area contributed by atoms with Gasteiger partial charge in [-0.15, -0.1) is 0 Å². The van der Waals surface area contributed by atoms with Crippen LogP contribution in [0.5, 0.6) is 5.75 Å². The second kappa shape index (κ2) is 9.04. The third-order valence-corrected chi connectivity index (χ3v) is 4.23. The summed E-state index contributed by atoms with van der Waals surface area (Å²) >= 11 is 0. The molecule has 1 N–H and O–H groups in total. The quantitative estimate of drug-likeness (QED) is 0.765. The number of methoxy groups -OCH3 is 1. The summed E-state index contributed by atoms with van der Waals surface area (Å²) in [6.45, 7) is 5.84. The van der Waals surface area contributed by atoms with Crippen LogP contribution in [0.15, 0.2) is 36.4 Å². The largest absolute Gasteiger partial charge is 0.483 e. The summed E-state index contributed by atoms with van der Waals surface area (Å²) in [4.78, 5) is 24.0. The van der Waals surface area contributed by atoms with Crippen molar-refractivity contribution in [1.82, 2.24) is 0 Å². The van der Waals surface area contributed by atoms with E-state index < -0.39 is 5.97 Å². The summed E-state index contributed by atoms with van der Waals surface area (Å²) in [5.41, 5.74) is 4.29. The molecule has 0 heterocycles. The zero-order valence-electron chi connectivity index (χ0n) is 15.7. The van der Waals surface area contributed by atoms with Gasteiger partial charge in [-0.05, 0) is 48.6 Å². The lowest BCUT2D eigenvalue weighted by atomic mass is 10.0. The molecule has 0 saturated heterocycles. The molecular formula is C21H25NO4. The number of rotatable bonds is 7. The van der Waals surface area contributed by atoms with Gasteiger partial charge >= 0.3 is 5.97 Å². The normalized spacial score (nSPS) is 10.3. The van der Waals surface area contributed by atoms with E-state index in [1.807, 2.05) is 25.1 Å². The molecule has 1 amide bonds. The van der Waals surface area contributed by atoms with Gasteiger partial charge in [-0.25, -0.2) is 4.79 Å². The number of para-hydroxylation sites is 1. The molecule has 138 valence electrons. The molecule has 5 heteroatoms. The van der Waals surface area contributed by atoms with Crippen molar-refractivity contribution in [3.63, 3.8) is 0 Å². The highest BCUT2D eigenvalue weighted by Gasteiger charge is 2.13. The van der Waals surface area contributed by atoms with Crippen molar-refractivity contribution in [2.75, 3.05) is 19.0 Å². The van der Waals surface area contributed by atoms with Crippen LogP contribution in [0.4, 0.5) is 5.69 Å². The highest BCUT2D eigenvalue weighted by molar-refractivity contribution is 5.93. The van der Waals surface area contributed by atoms with E-state index in [0.717, 1.165) is 35.2 Å². The zero-order chi connectivity index (χ0) is 19.1. The van der Waals surface area contributed by atoms with Crippen LogP contribution in [0.1, 0.15) is 40.9 Å². The third-order valence-electron chi connectivity index (χ3n) is 4.23. The number of carbonyl (C=O) groups excluding carboxylic acids is 2. The molecule has 0 bridgehead atoms. The minimum atomic E-state index is -0.441. The van der Waals surface area contributed by atoms with E-state index in [1.54, 1.807) is 18.2 Å². The van der Waals surface area contributed by atoms with Crippen LogP contribution in [0.3, 0.4) is 0 Å². The Balaban J connectivity index is 2.10. The number of amides is 1. The third kappa shape index (κ3) is 4.63. The number of esters is 1. The van der Waals surface area contributed by atoms with Crippen molar-refractivity contribution in [3.8, 4) is 5.75 Å². The summed E-state index contributed by atoms with van der Waals surface area (Å²) < 4.78 is 10.3.